The quantitative estimate of drug-likeness (QED) is 0.550. The van der Waals surface area contributed by atoms with Crippen molar-refractivity contribution >= 4 is 5.97 Å². The molecule has 1 fully saturated rings. The van der Waals surface area contributed by atoms with Gasteiger partial charge in [-0.05, 0) is 35.4 Å². The van der Waals surface area contributed by atoms with Crippen molar-refractivity contribution in [2.45, 2.75) is 19.1 Å². The molecule has 0 amide bonds. The minimum absolute atomic E-state index is 0.0227. The predicted octanol–water partition coefficient (Wildman–Crippen LogP) is 2.75. The molecule has 4 atom stereocenters. The number of methoxy groups -OCH3 is 3. The average Bonchev–Trinajstić information content (AvgIpc) is 3.46. The highest BCUT2D eigenvalue weighted by Gasteiger charge is 2.47. The first-order valence-corrected chi connectivity index (χ1v) is 10.7. The van der Waals surface area contributed by atoms with Crippen LogP contribution in [0.1, 0.15) is 30.3 Å². The Balaban J connectivity index is 1.77. The standard InChI is InChI=1S/C24H28O10/c1-12(26)31-10-16-15(9-25)22(14-7-19(30-4)24-20(8-14)32-11-33-24)34-23(16)13-5-17(28-2)21(27)18(6-13)29-3/h5-8,15-16,22-23,25,27H,9-11H2,1-4H3. The number of hydrogen-bond donors (Lipinski definition) is 2. The number of esters is 1. The Labute approximate surface area is 196 Å². The number of aliphatic hydroxyl groups is 1. The second kappa shape index (κ2) is 9.86. The molecular weight excluding hydrogens is 448 g/mol. The van der Waals surface area contributed by atoms with Gasteiger partial charge in [-0.2, -0.15) is 0 Å². The molecule has 34 heavy (non-hydrogen) atoms. The molecule has 0 saturated carbocycles. The molecule has 10 heteroatoms. The van der Waals surface area contributed by atoms with Gasteiger partial charge in [-0.15, -0.1) is 0 Å². The fraction of sp³-hybridized carbons (Fsp3) is 0.458. The maximum absolute atomic E-state index is 11.6. The van der Waals surface area contributed by atoms with Crippen LogP contribution in [0.2, 0.25) is 0 Å². The number of aromatic hydroxyl groups is 1. The minimum atomic E-state index is -0.610. The van der Waals surface area contributed by atoms with Crippen LogP contribution >= 0.6 is 0 Å². The van der Waals surface area contributed by atoms with Crippen LogP contribution in [0.4, 0.5) is 0 Å². The second-order valence-corrected chi connectivity index (χ2v) is 8.02. The Bertz CT molecular complexity index is 1030. The molecule has 0 spiro atoms. The number of phenolic OH excluding ortho intramolecular Hbond substituents is 1. The van der Waals surface area contributed by atoms with E-state index in [1.807, 2.05) is 0 Å². The summed E-state index contributed by atoms with van der Waals surface area (Å²) in [4.78, 5) is 11.6. The molecule has 0 aromatic heterocycles. The Morgan fingerprint density at radius 3 is 2.12 bits per heavy atom. The van der Waals surface area contributed by atoms with Gasteiger partial charge in [-0.1, -0.05) is 0 Å². The van der Waals surface area contributed by atoms with E-state index in [4.69, 9.17) is 33.2 Å². The van der Waals surface area contributed by atoms with E-state index in [2.05, 4.69) is 0 Å². The van der Waals surface area contributed by atoms with Crippen molar-refractivity contribution in [1.29, 1.82) is 0 Å². The van der Waals surface area contributed by atoms with Gasteiger partial charge in [0.05, 0.1) is 40.1 Å². The van der Waals surface area contributed by atoms with Crippen LogP contribution in [0.25, 0.3) is 0 Å². The summed E-state index contributed by atoms with van der Waals surface area (Å²) >= 11 is 0. The fourth-order valence-corrected chi connectivity index (χ4v) is 4.51. The van der Waals surface area contributed by atoms with Crippen molar-refractivity contribution < 1.29 is 48.2 Å². The summed E-state index contributed by atoms with van der Waals surface area (Å²) in [6.45, 7) is 1.20. The van der Waals surface area contributed by atoms with Crippen molar-refractivity contribution in [1.82, 2.24) is 0 Å². The number of rotatable bonds is 8. The van der Waals surface area contributed by atoms with Crippen LogP contribution < -0.4 is 23.7 Å². The summed E-state index contributed by atoms with van der Waals surface area (Å²) in [5.41, 5.74) is 1.35. The van der Waals surface area contributed by atoms with E-state index in [0.717, 1.165) is 0 Å². The SMILES string of the molecule is COc1cc(C2OC(c3cc(OC)c4c(c3)OCO4)C(CO)C2COC(C)=O)cc(OC)c1O. The van der Waals surface area contributed by atoms with Crippen molar-refractivity contribution in [3.63, 3.8) is 0 Å². The van der Waals surface area contributed by atoms with Crippen molar-refractivity contribution in [2.24, 2.45) is 11.8 Å². The highest BCUT2D eigenvalue weighted by atomic mass is 16.7. The monoisotopic (exact) mass is 476 g/mol. The molecule has 2 aliphatic rings. The van der Waals surface area contributed by atoms with E-state index in [1.54, 1.807) is 24.3 Å². The van der Waals surface area contributed by atoms with E-state index in [0.29, 0.717) is 28.4 Å². The summed E-state index contributed by atoms with van der Waals surface area (Å²) < 4.78 is 38.9. The molecule has 0 aliphatic carbocycles. The molecule has 2 aromatic carbocycles. The molecule has 10 nitrogen and oxygen atoms in total. The lowest BCUT2D eigenvalue weighted by molar-refractivity contribution is -0.143. The summed E-state index contributed by atoms with van der Waals surface area (Å²) in [7, 11) is 4.39. The molecule has 2 N–H and O–H groups in total. The van der Waals surface area contributed by atoms with Crippen LogP contribution in [-0.2, 0) is 14.3 Å². The molecule has 0 bridgehead atoms. The van der Waals surface area contributed by atoms with Crippen LogP contribution in [0.15, 0.2) is 24.3 Å². The summed E-state index contributed by atoms with van der Waals surface area (Å²) in [6.07, 6.45) is -1.19. The minimum Gasteiger partial charge on any atom is -0.502 e. The third-order valence-electron chi connectivity index (χ3n) is 6.15. The first-order chi connectivity index (χ1) is 16.4. The third-order valence-corrected chi connectivity index (χ3v) is 6.15. The Morgan fingerprint density at radius 1 is 0.941 bits per heavy atom. The lowest BCUT2D eigenvalue weighted by Gasteiger charge is -2.23. The zero-order chi connectivity index (χ0) is 24.4. The van der Waals surface area contributed by atoms with E-state index >= 15 is 0 Å². The van der Waals surface area contributed by atoms with Crippen molar-refractivity contribution in [3.8, 4) is 34.5 Å². The largest absolute Gasteiger partial charge is 0.502 e. The Hall–Kier alpha value is -3.37. The maximum atomic E-state index is 11.6. The van der Waals surface area contributed by atoms with Crippen molar-refractivity contribution in [2.75, 3.05) is 41.3 Å². The molecule has 2 aliphatic heterocycles. The topological polar surface area (TPSA) is 122 Å². The van der Waals surface area contributed by atoms with Gasteiger partial charge in [0.1, 0.15) is 0 Å². The first-order valence-electron chi connectivity index (χ1n) is 10.7. The number of fused-ring (bicyclic) bond motifs is 1. The summed E-state index contributed by atoms with van der Waals surface area (Å²) in [5.74, 6) is 0.501. The van der Waals surface area contributed by atoms with Gasteiger partial charge in [-0.25, -0.2) is 0 Å². The molecule has 2 heterocycles. The zero-order valence-corrected chi connectivity index (χ0v) is 19.4. The number of benzene rings is 2. The second-order valence-electron chi connectivity index (χ2n) is 8.02. The van der Waals surface area contributed by atoms with Gasteiger partial charge in [0.2, 0.25) is 18.3 Å². The van der Waals surface area contributed by atoms with Gasteiger partial charge in [0, 0.05) is 25.4 Å². The molecule has 2 aromatic rings. The van der Waals surface area contributed by atoms with Gasteiger partial charge < -0.3 is 43.4 Å². The van der Waals surface area contributed by atoms with Crippen LogP contribution in [0.3, 0.4) is 0 Å². The molecule has 4 unspecified atom stereocenters. The van der Waals surface area contributed by atoms with Gasteiger partial charge >= 0.3 is 5.97 Å². The molecule has 1 saturated heterocycles. The molecule has 0 radical (unpaired) electrons. The smallest absolute Gasteiger partial charge is 0.302 e. The number of phenols is 1. The summed E-state index contributed by atoms with van der Waals surface area (Å²) in [5, 5.41) is 20.7. The summed E-state index contributed by atoms with van der Waals surface area (Å²) in [6, 6.07) is 6.85. The lowest BCUT2D eigenvalue weighted by atomic mass is 9.83. The van der Waals surface area contributed by atoms with Crippen LogP contribution in [0.5, 0.6) is 34.5 Å². The van der Waals surface area contributed by atoms with E-state index in [1.165, 1.54) is 28.3 Å². The number of carbonyl (C=O) groups is 1. The molecular formula is C24H28O10. The third kappa shape index (κ3) is 4.26. The lowest BCUT2D eigenvalue weighted by Crippen LogP contribution is -2.25. The number of aliphatic hydroxyl groups excluding tert-OH is 1. The molecule has 184 valence electrons. The first kappa shape index (κ1) is 23.8. The maximum Gasteiger partial charge on any atom is 0.302 e. The van der Waals surface area contributed by atoms with Gasteiger partial charge in [0.15, 0.2) is 23.0 Å². The highest BCUT2D eigenvalue weighted by molar-refractivity contribution is 5.66. The Kier molecular flexibility index (Phi) is 6.90. The molecule has 4 rings (SSSR count). The predicted molar refractivity (Wildman–Crippen MR) is 118 cm³/mol. The van der Waals surface area contributed by atoms with Crippen LogP contribution in [0, 0.1) is 11.8 Å². The van der Waals surface area contributed by atoms with Gasteiger partial charge in [-0.3, -0.25) is 4.79 Å². The number of hydrogen-bond acceptors (Lipinski definition) is 10. The fourth-order valence-electron chi connectivity index (χ4n) is 4.51. The van der Waals surface area contributed by atoms with E-state index in [9.17, 15) is 15.0 Å². The van der Waals surface area contributed by atoms with E-state index < -0.39 is 30.0 Å². The van der Waals surface area contributed by atoms with Crippen molar-refractivity contribution in [3.05, 3.63) is 35.4 Å². The van der Waals surface area contributed by atoms with Crippen LogP contribution in [-0.4, -0.2) is 57.5 Å². The normalized spacial score (nSPS) is 23.0. The van der Waals surface area contributed by atoms with E-state index in [-0.39, 0.29) is 37.3 Å². The highest BCUT2D eigenvalue weighted by Crippen LogP contribution is 2.53. The number of carbonyl (C=O) groups excluding carboxylic acids is 1. The average molecular weight is 476 g/mol. The van der Waals surface area contributed by atoms with Gasteiger partial charge in [0.25, 0.3) is 0 Å². The number of ether oxygens (including phenoxy) is 7. The Morgan fingerprint density at radius 2 is 1.53 bits per heavy atom. The zero-order valence-electron chi connectivity index (χ0n) is 19.4.